The number of halogens is 1. The maximum Gasteiger partial charge on any atom is 0.145 e. The van der Waals surface area contributed by atoms with Gasteiger partial charge in [-0.15, -0.1) is 0 Å². The molecule has 0 bridgehead atoms. The minimum absolute atomic E-state index is 0.0644. The van der Waals surface area contributed by atoms with Crippen molar-refractivity contribution in [2.75, 3.05) is 0 Å². The summed E-state index contributed by atoms with van der Waals surface area (Å²) >= 11 is 5.98. The summed E-state index contributed by atoms with van der Waals surface area (Å²) in [6, 6.07) is 7.08. The Bertz CT molecular complexity index is 600. The van der Waals surface area contributed by atoms with Crippen molar-refractivity contribution in [2.45, 2.75) is 13.8 Å². The first-order valence-electron chi connectivity index (χ1n) is 5.72. The van der Waals surface area contributed by atoms with E-state index in [4.69, 9.17) is 27.5 Å². The SMILES string of the molecule is Cc1cc(Cl)cc(C)c1Oc1ccc(C(=N)N)nc1. The molecule has 0 amide bonds. The number of nitrogens with zero attached hydrogens (tertiary/aromatic N) is 1. The number of nitrogens with one attached hydrogen (secondary N) is 1. The van der Waals surface area contributed by atoms with Gasteiger partial charge < -0.3 is 10.5 Å². The number of ether oxygens (including phenoxy) is 1. The lowest BCUT2D eigenvalue weighted by Gasteiger charge is -2.12. The molecule has 0 saturated carbocycles. The average Bonchev–Trinajstić information content (AvgIpc) is 2.34. The Morgan fingerprint density at radius 3 is 2.37 bits per heavy atom. The molecule has 1 aromatic heterocycles. The Labute approximate surface area is 116 Å². The fourth-order valence-electron chi connectivity index (χ4n) is 1.78. The van der Waals surface area contributed by atoms with Crippen molar-refractivity contribution >= 4 is 17.4 Å². The van der Waals surface area contributed by atoms with E-state index in [9.17, 15) is 0 Å². The molecule has 0 radical (unpaired) electrons. The van der Waals surface area contributed by atoms with Crippen molar-refractivity contribution in [3.05, 3.63) is 52.3 Å². The molecule has 0 atom stereocenters. The van der Waals surface area contributed by atoms with Crippen molar-refractivity contribution < 1.29 is 4.74 Å². The number of rotatable bonds is 3. The highest BCUT2D eigenvalue weighted by Gasteiger charge is 2.08. The zero-order valence-corrected chi connectivity index (χ0v) is 11.5. The predicted octanol–water partition coefficient (Wildman–Crippen LogP) is 3.43. The fourth-order valence-corrected chi connectivity index (χ4v) is 2.10. The highest BCUT2D eigenvalue weighted by atomic mass is 35.5. The molecule has 0 aliphatic rings. The third kappa shape index (κ3) is 3.03. The van der Waals surface area contributed by atoms with E-state index < -0.39 is 0 Å². The van der Waals surface area contributed by atoms with Crippen molar-refractivity contribution in [1.82, 2.24) is 4.98 Å². The molecule has 0 aliphatic heterocycles. The Balaban J connectivity index is 2.29. The molecular weight excluding hydrogens is 262 g/mol. The molecule has 1 aromatic carbocycles. The van der Waals surface area contributed by atoms with Crippen molar-refractivity contribution in [2.24, 2.45) is 5.73 Å². The second-order valence-corrected chi connectivity index (χ2v) is 4.70. The van der Waals surface area contributed by atoms with Crippen LogP contribution in [-0.4, -0.2) is 10.8 Å². The van der Waals surface area contributed by atoms with Crippen LogP contribution in [0, 0.1) is 19.3 Å². The molecule has 1 heterocycles. The molecular formula is C14H14ClN3O. The van der Waals surface area contributed by atoms with Crippen LogP contribution in [-0.2, 0) is 0 Å². The van der Waals surface area contributed by atoms with Crippen molar-refractivity contribution in [1.29, 1.82) is 5.41 Å². The Hall–Kier alpha value is -2.07. The van der Waals surface area contributed by atoms with Gasteiger partial charge in [0.2, 0.25) is 0 Å². The molecule has 19 heavy (non-hydrogen) atoms. The highest BCUT2D eigenvalue weighted by molar-refractivity contribution is 6.30. The van der Waals surface area contributed by atoms with Crippen LogP contribution in [0.1, 0.15) is 16.8 Å². The van der Waals surface area contributed by atoms with Gasteiger partial charge in [0.1, 0.15) is 23.0 Å². The van der Waals surface area contributed by atoms with Gasteiger partial charge in [-0.3, -0.25) is 5.41 Å². The third-order valence-electron chi connectivity index (χ3n) is 2.66. The van der Waals surface area contributed by atoms with E-state index in [0.717, 1.165) is 16.9 Å². The summed E-state index contributed by atoms with van der Waals surface area (Å²) in [4.78, 5) is 4.05. The van der Waals surface area contributed by atoms with Crippen LogP contribution in [0.4, 0.5) is 0 Å². The number of pyridine rings is 1. The lowest BCUT2D eigenvalue weighted by Crippen LogP contribution is -2.12. The van der Waals surface area contributed by atoms with Gasteiger partial charge in [-0.25, -0.2) is 4.98 Å². The van der Waals surface area contributed by atoms with Gasteiger partial charge in [-0.05, 0) is 49.2 Å². The molecule has 5 heteroatoms. The molecule has 98 valence electrons. The van der Waals surface area contributed by atoms with E-state index in [1.165, 1.54) is 0 Å². The van der Waals surface area contributed by atoms with Gasteiger partial charge in [-0.2, -0.15) is 0 Å². The van der Waals surface area contributed by atoms with Crippen LogP contribution in [0.3, 0.4) is 0 Å². The smallest absolute Gasteiger partial charge is 0.145 e. The lowest BCUT2D eigenvalue weighted by molar-refractivity contribution is 0.473. The first-order chi connectivity index (χ1) is 8.97. The zero-order chi connectivity index (χ0) is 14.0. The Morgan fingerprint density at radius 1 is 1.26 bits per heavy atom. The summed E-state index contributed by atoms with van der Waals surface area (Å²) in [6.45, 7) is 3.87. The van der Waals surface area contributed by atoms with Gasteiger partial charge in [0.15, 0.2) is 0 Å². The number of hydrogen-bond donors (Lipinski definition) is 2. The quantitative estimate of drug-likeness (QED) is 0.666. The number of hydrogen-bond acceptors (Lipinski definition) is 3. The maximum absolute atomic E-state index is 7.28. The topological polar surface area (TPSA) is 72.0 Å². The van der Waals surface area contributed by atoms with E-state index >= 15 is 0 Å². The number of amidine groups is 1. The molecule has 2 rings (SSSR count). The van der Waals surface area contributed by atoms with E-state index in [2.05, 4.69) is 4.98 Å². The van der Waals surface area contributed by atoms with Crippen LogP contribution in [0.5, 0.6) is 11.5 Å². The molecule has 0 spiro atoms. The summed E-state index contributed by atoms with van der Waals surface area (Å²) in [5.41, 5.74) is 7.69. The Kier molecular flexibility index (Phi) is 3.71. The van der Waals surface area contributed by atoms with Gasteiger partial charge in [-0.1, -0.05) is 11.6 Å². The van der Waals surface area contributed by atoms with Crippen LogP contribution in [0.15, 0.2) is 30.5 Å². The summed E-state index contributed by atoms with van der Waals surface area (Å²) < 4.78 is 5.80. The summed E-state index contributed by atoms with van der Waals surface area (Å²) in [5, 5.41) is 7.97. The van der Waals surface area contributed by atoms with Gasteiger partial charge >= 0.3 is 0 Å². The number of aryl methyl sites for hydroxylation is 2. The van der Waals surface area contributed by atoms with Gasteiger partial charge in [0.05, 0.1) is 6.20 Å². The molecule has 0 aliphatic carbocycles. The zero-order valence-electron chi connectivity index (χ0n) is 10.7. The highest BCUT2D eigenvalue weighted by Crippen LogP contribution is 2.30. The standard InChI is InChI=1S/C14H14ClN3O/c1-8-5-10(15)6-9(2)13(8)19-11-3-4-12(14(16)17)18-7-11/h3-7H,1-2H3,(H3,16,17). The van der Waals surface area contributed by atoms with Crippen molar-refractivity contribution in [3.8, 4) is 11.5 Å². The molecule has 0 unspecified atom stereocenters. The van der Waals surface area contributed by atoms with Crippen LogP contribution in [0.2, 0.25) is 5.02 Å². The predicted molar refractivity (Wildman–Crippen MR) is 76.3 cm³/mol. The monoisotopic (exact) mass is 275 g/mol. The first-order valence-corrected chi connectivity index (χ1v) is 6.10. The first kappa shape index (κ1) is 13.4. The van der Waals surface area contributed by atoms with E-state index in [1.54, 1.807) is 18.3 Å². The number of nitrogens with two attached hydrogens (primary N) is 1. The molecule has 2 aromatic rings. The molecule has 4 nitrogen and oxygen atoms in total. The minimum Gasteiger partial charge on any atom is -0.455 e. The van der Waals surface area contributed by atoms with Crippen LogP contribution in [0.25, 0.3) is 0 Å². The maximum atomic E-state index is 7.28. The second-order valence-electron chi connectivity index (χ2n) is 4.26. The molecule has 0 saturated heterocycles. The van der Waals surface area contributed by atoms with Crippen LogP contribution >= 0.6 is 11.6 Å². The number of nitrogen functional groups attached to an aromatic ring is 1. The number of benzene rings is 1. The second kappa shape index (κ2) is 5.28. The summed E-state index contributed by atoms with van der Waals surface area (Å²) in [6.07, 6.45) is 1.55. The summed E-state index contributed by atoms with van der Waals surface area (Å²) in [5.74, 6) is 1.30. The van der Waals surface area contributed by atoms with E-state index in [1.807, 2.05) is 26.0 Å². The van der Waals surface area contributed by atoms with Crippen LogP contribution < -0.4 is 10.5 Å². The van der Waals surface area contributed by atoms with Gasteiger partial charge in [0.25, 0.3) is 0 Å². The van der Waals surface area contributed by atoms with Crippen molar-refractivity contribution in [3.63, 3.8) is 0 Å². The third-order valence-corrected chi connectivity index (χ3v) is 2.88. The molecule has 0 fully saturated rings. The number of aromatic nitrogens is 1. The Morgan fingerprint density at radius 2 is 1.89 bits per heavy atom. The largest absolute Gasteiger partial charge is 0.455 e. The normalized spacial score (nSPS) is 10.3. The van der Waals surface area contributed by atoms with E-state index in [-0.39, 0.29) is 5.84 Å². The molecule has 3 N–H and O–H groups in total. The van der Waals surface area contributed by atoms with Gasteiger partial charge in [0, 0.05) is 5.02 Å². The summed E-state index contributed by atoms with van der Waals surface area (Å²) in [7, 11) is 0. The fraction of sp³-hybridized carbons (Fsp3) is 0.143. The minimum atomic E-state index is -0.0644. The average molecular weight is 276 g/mol. The lowest BCUT2D eigenvalue weighted by atomic mass is 10.1. The van der Waals surface area contributed by atoms with E-state index in [0.29, 0.717) is 16.5 Å².